The second-order valence-corrected chi connectivity index (χ2v) is 7.31. The molecule has 1 atom stereocenters. The molecular weight excluding hydrogens is 228 g/mol. The molecule has 1 rings (SSSR count). The number of hydrogen-bond acceptors (Lipinski definition) is 2. The molecule has 3 heteroatoms. The minimum absolute atomic E-state index is 0.171. The van der Waals surface area contributed by atoms with Crippen LogP contribution < -0.4 is 0 Å². The van der Waals surface area contributed by atoms with Crippen LogP contribution in [0.5, 0.6) is 0 Å². The molecule has 0 saturated heterocycles. The van der Waals surface area contributed by atoms with Crippen molar-refractivity contribution in [1.29, 1.82) is 0 Å². The Labute approximate surface area is 110 Å². The highest BCUT2D eigenvalue weighted by Gasteiger charge is 2.19. The molecule has 1 unspecified atom stereocenters. The van der Waals surface area contributed by atoms with Gasteiger partial charge in [0.2, 0.25) is 0 Å². The molecular formula is C14H26N2S. The molecule has 0 saturated carbocycles. The highest BCUT2D eigenvalue weighted by molar-refractivity contribution is 7.99. The molecule has 0 bridgehead atoms. The standard InChI is InChI=1S/C14H26N2S/c1-10(2)11(3)9-17-13-8-12(14(4,5)6)16(7)15-13/h8,10-11H,9H2,1-7H3. The van der Waals surface area contributed by atoms with Gasteiger partial charge in [-0.2, -0.15) is 5.10 Å². The summed E-state index contributed by atoms with van der Waals surface area (Å²) in [5.74, 6) is 2.63. The van der Waals surface area contributed by atoms with Gasteiger partial charge in [0.15, 0.2) is 0 Å². The van der Waals surface area contributed by atoms with Crippen LogP contribution in [0.15, 0.2) is 11.1 Å². The highest BCUT2D eigenvalue weighted by Crippen LogP contribution is 2.28. The van der Waals surface area contributed by atoms with E-state index in [1.165, 1.54) is 5.69 Å². The first kappa shape index (κ1) is 14.6. The number of hydrogen-bond donors (Lipinski definition) is 0. The minimum Gasteiger partial charge on any atom is -0.271 e. The molecule has 2 nitrogen and oxygen atoms in total. The van der Waals surface area contributed by atoms with Crippen LogP contribution in [-0.2, 0) is 12.5 Å². The SMILES string of the molecule is CC(C)C(C)CSc1cc(C(C)(C)C)n(C)n1. The van der Waals surface area contributed by atoms with Crippen molar-refractivity contribution in [2.75, 3.05) is 5.75 Å². The first-order chi connectivity index (χ1) is 7.71. The predicted molar refractivity (Wildman–Crippen MR) is 76.6 cm³/mol. The monoisotopic (exact) mass is 254 g/mol. The van der Waals surface area contributed by atoms with Crippen molar-refractivity contribution in [3.8, 4) is 0 Å². The molecule has 0 aliphatic heterocycles. The van der Waals surface area contributed by atoms with E-state index in [9.17, 15) is 0 Å². The fourth-order valence-corrected chi connectivity index (χ4v) is 2.82. The van der Waals surface area contributed by atoms with Crippen molar-refractivity contribution >= 4 is 11.8 Å². The molecule has 0 N–H and O–H groups in total. The van der Waals surface area contributed by atoms with Gasteiger partial charge in [0, 0.05) is 23.9 Å². The smallest absolute Gasteiger partial charge is 0.118 e. The molecule has 1 heterocycles. The lowest BCUT2D eigenvalue weighted by atomic mass is 9.92. The van der Waals surface area contributed by atoms with E-state index in [1.807, 2.05) is 23.5 Å². The lowest BCUT2D eigenvalue weighted by Gasteiger charge is -2.17. The third kappa shape index (κ3) is 4.06. The zero-order valence-corrected chi connectivity index (χ0v) is 13.1. The van der Waals surface area contributed by atoms with Gasteiger partial charge in [-0.05, 0) is 17.9 Å². The molecule has 0 aromatic carbocycles. The second-order valence-electron chi connectivity index (χ2n) is 6.27. The number of nitrogens with zero attached hydrogens (tertiary/aromatic N) is 2. The van der Waals surface area contributed by atoms with Gasteiger partial charge in [-0.15, -0.1) is 11.8 Å². The lowest BCUT2D eigenvalue weighted by molar-refractivity contribution is 0.464. The summed E-state index contributed by atoms with van der Waals surface area (Å²) in [4.78, 5) is 0. The Kier molecular flexibility index (Phi) is 4.70. The summed E-state index contributed by atoms with van der Waals surface area (Å²) in [5.41, 5.74) is 1.47. The fraction of sp³-hybridized carbons (Fsp3) is 0.786. The van der Waals surface area contributed by atoms with Gasteiger partial charge in [0.25, 0.3) is 0 Å². The van der Waals surface area contributed by atoms with Crippen molar-refractivity contribution in [1.82, 2.24) is 9.78 Å². The average Bonchev–Trinajstić information content (AvgIpc) is 2.55. The van der Waals surface area contributed by atoms with Crippen LogP contribution in [0, 0.1) is 11.8 Å². The zero-order chi connectivity index (χ0) is 13.2. The molecule has 1 aromatic rings. The maximum atomic E-state index is 4.59. The van der Waals surface area contributed by atoms with Crippen LogP contribution in [0.25, 0.3) is 0 Å². The van der Waals surface area contributed by atoms with Gasteiger partial charge in [-0.25, -0.2) is 0 Å². The summed E-state index contributed by atoms with van der Waals surface area (Å²) in [7, 11) is 2.04. The molecule has 0 radical (unpaired) electrons. The Bertz CT molecular complexity index is 361. The Morgan fingerprint density at radius 3 is 2.29 bits per heavy atom. The van der Waals surface area contributed by atoms with Gasteiger partial charge >= 0.3 is 0 Å². The molecule has 0 aliphatic rings. The van der Waals surface area contributed by atoms with Crippen molar-refractivity contribution in [2.45, 2.75) is 52.0 Å². The predicted octanol–water partition coefficient (Wildman–Crippen LogP) is 4.10. The van der Waals surface area contributed by atoms with E-state index in [1.54, 1.807) is 0 Å². The summed E-state index contributed by atoms with van der Waals surface area (Å²) >= 11 is 1.88. The van der Waals surface area contributed by atoms with Crippen LogP contribution in [0.1, 0.15) is 47.2 Å². The average molecular weight is 254 g/mol. The summed E-state index contributed by atoms with van der Waals surface area (Å²) in [5, 5.41) is 5.75. The Morgan fingerprint density at radius 1 is 1.29 bits per heavy atom. The van der Waals surface area contributed by atoms with Crippen LogP contribution in [0.3, 0.4) is 0 Å². The van der Waals surface area contributed by atoms with E-state index in [0.29, 0.717) is 0 Å². The topological polar surface area (TPSA) is 17.8 Å². The van der Waals surface area contributed by atoms with Gasteiger partial charge < -0.3 is 0 Å². The minimum atomic E-state index is 0.171. The van der Waals surface area contributed by atoms with Crippen molar-refractivity contribution in [3.63, 3.8) is 0 Å². The Hall–Kier alpha value is -0.440. The van der Waals surface area contributed by atoms with Gasteiger partial charge in [-0.3, -0.25) is 4.68 Å². The van der Waals surface area contributed by atoms with E-state index in [2.05, 4.69) is 52.7 Å². The summed E-state index contributed by atoms with van der Waals surface area (Å²) in [6.45, 7) is 13.6. The molecule has 17 heavy (non-hydrogen) atoms. The number of aromatic nitrogens is 2. The van der Waals surface area contributed by atoms with Crippen molar-refractivity contribution in [3.05, 3.63) is 11.8 Å². The van der Waals surface area contributed by atoms with E-state index >= 15 is 0 Å². The second kappa shape index (κ2) is 5.47. The van der Waals surface area contributed by atoms with E-state index in [4.69, 9.17) is 0 Å². The number of aryl methyl sites for hydroxylation is 1. The molecule has 98 valence electrons. The van der Waals surface area contributed by atoms with E-state index < -0.39 is 0 Å². The van der Waals surface area contributed by atoms with Crippen molar-refractivity contribution < 1.29 is 0 Å². The van der Waals surface area contributed by atoms with Crippen LogP contribution in [0.2, 0.25) is 0 Å². The molecule has 1 aromatic heterocycles. The normalized spacial score (nSPS) is 14.4. The third-order valence-corrected chi connectivity index (χ3v) is 4.45. The van der Waals surface area contributed by atoms with E-state index in [-0.39, 0.29) is 5.41 Å². The summed E-state index contributed by atoms with van der Waals surface area (Å²) < 4.78 is 2.02. The highest BCUT2D eigenvalue weighted by atomic mass is 32.2. The summed E-state index contributed by atoms with van der Waals surface area (Å²) in [6, 6.07) is 2.23. The lowest BCUT2D eigenvalue weighted by Crippen LogP contribution is -2.16. The summed E-state index contributed by atoms with van der Waals surface area (Å²) in [6.07, 6.45) is 0. The molecule has 0 aliphatic carbocycles. The maximum absolute atomic E-state index is 4.59. The first-order valence-electron chi connectivity index (χ1n) is 6.39. The quantitative estimate of drug-likeness (QED) is 0.753. The van der Waals surface area contributed by atoms with Crippen LogP contribution in [0.4, 0.5) is 0 Å². The molecule has 0 spiro atoms. The van der Waals surface area contributed by atoms with E-state index in [0.717, 1.165) is 22.6 Å². The van der Waals surface area contributed by atoms with Crippen molar-refractivity contribution in [2.24, 2.45) is 18.9 Å². The fourth-order valence-electron chi connectivity index (χ4n) is 1.62. The Balaban J connectivity index is 2.68. The molecule has 0 amide bonds. The van der Waals surface area contributed by atoms with Gasteiger partial charge in [0.05, 0.1) is 0 Å². The number of rotatable bonds is 4. The maximum Gasteiger partial charge on any atom is 0.118 e. The van der Waals surface area contributed by atoms with Crippen LogP contribution >= 0.6 is 11.8 Å². The Morgan fingerprint density at radius 2 is 1.88 bits per heavy atom. The largest absolute Gasteiger partial charge is 0.271 e. The zero-order valence-electron chi connectivity index (χ0n) is 12.2. The molecule has 0 fully saturated rings. The van der Waals surface area contributed by atoms with Gasteiger partial charge in [-0.1, -0.05) is 41.5 Å². The van der Waals surface area contributed by atoms with Gasteiger partial charge in [0.1, 0.15) is 5.03 Å². The first-order valence-corrected chi connectivity index (χ1v) is 7.37. The third-order valence-electron chi connectivity index (χ3n) is 3.26. The number of thioether (sulfide) groups is 1. The van der Waals surface area contributed by atoms with Crippen LogP contribution in [-0.4, -0.2) is 15.5 Å².